The van der Waals surface area contributed by atoms with Gasteiger partial charge in [0.25, 0.3) is 0 Å². The highest BCUT2D eigenvalue weighted by atomic mass is 16.6. The van der Waals surface area contributed by atoms with Crippen molar-refractivity contribution in [2.24, 2.45) is 0 Å². The van der Waals surface area contributed by atoms with Gasteiger partial charge >= 0.3 is 17.9 Å². The third-order valence-corrected chi connectivity index (χ3v) is 11.9. The van der Waals surface area contributed by atoms with E-state index in [0.717, 1.165) is 12.1 Å². The van der Waals surface area contributed by atoms with Gasteiger partial charge < -0.3 is 101 Å². The lowest BCUT2D eigenvalue weighted by Crippen LogP contribution is -2.54. The first-order valence-electron chi connectivity index (χ1n) is 19.0. The van der Waals surface area contributed by atoms with Crippen LogP contribution in [0.25, 0.3) is 22.3 Å². The van der Waals surface area contributed by atoms with Crippen molar-refractivity contribution < 1.29 is 115 Å². The molecular weight excluding hydrogens is 872 g/mol. The third-order valence-electron chi connectivity index (χ3n) is 11.9. The summed E-state index contributed by atoms with van der Waals surface area (Å²) >= 11 is 0. The van der Waals surface area contributed by atoms with Gasteiger partial charge in [-0.1, -0.05) is 6.07 Å². The number of cyclic esters (lactones) is 1. The molecule has 338 valence electrons. The number of aromatic hydroxyl groups is 13. The Balaban J connectivity index is 1.46. The van der Waals surface area contributed by atoms with Crippen molar-refractivity contribution in [3.05, 3.63) is 69.3 Å². The van der Waals surface area contributed by atoms with E-state index in [4.69, 9.17) is 18.9 Å². The van der Waals surface area contributed by atoms with E-state index in [2.05, 4.69) is 0 Å². The third kappa shape index (κ3) is 5.75. The number of ether oxygens (including phenoxy) is 4. The van der Waals surface area contributed by atoms with Gasteiger partial charge in [-0.3, -0.25) is 0 Å². The number of hydrogen-bond donors (Lipinski definition) is 16. The lowest BCUT2D eigenvalue weighted by molar-refractivity contribution is -0.130. The summed E-state index contributed by atoms with van der Waals surface area (Å²) in [5, 5.41) is 179. The number of carbonyl (C=O) groups excluding carboxylic acids is 3. The second-order valence-corrected chi connectivity index (χ2v) is 15.4. The predicted molar refractivity (Wildman–Crippen MR) is 207 cm³/mol. The number of phenolic OH excluding ortho intramolecular Hbond substituents is 13. The quantitative estimate of drug-likeness (QED) is 0.0690. The molecule has 4 aliphatic heterocycles. The molecule has 4 aliphatic rings. The van der Waals surface area contributed by atoms with Gasteiger partial charge in [-0.15, -0.1) is 0 Å². The van der Waals surface area contributed by atoms with Crippen LogP contribution in [0.4, 0.5) is 0 Å². The maximum atomic E-state index is 14.9. The van der Waals surface area contributed by atoms with Gasteiger partial charge in [0.05, 0.1) is 35.3 Å². The van der Waals surface area contributed by atoms with Crippen LogP contribution in [0.1, 0.15) is 65.3 Å². The summed E-state index contributed by atoms with van der Waals surface area (Å²) in [4.78, 5) is 43.5. The number of aliphatic hydroxyl groups is 3. The van der Waals surface area contributed by atoms with Crippen molar-refractivity contribution in [2.75, 3.05) is 6.61 Å². The fourth-order valence-electron chi connectivity index (χ4n) is 8.92. The van der Waals surface area contributed by atoms with Crippen LogP contribution in [0.15, 0.2) is 30.3 Å². The smallest absolute Gasteiger partial charge is 0.340 e. The van der Waals surface area contributed by atoms with Crippen LogP contribution in [0.3, 0.4) is 0 Å². The van der Waals surface area contributed by atoms with Crippen molar-refractivity contribution in [3.63, 3.8) is 0 Å². The van der Waals surface area contributed by atoms with Crippen molar-refractivity contribution in [1.82, 2.24) is 0 Å². The second-order valence-electron chi connectivity index (χ2n) is 15.4. The van der Waals surface area contributed by atoms with Crippen molar-refractivity contribution >= 4 is 17.9 Å². The molecule has 0 saturated carbocycles. The fraction of sp³-hybridized carbons (Fsp3) is 0.214. The van der Waals surface area contributed by atoms with Gasteiger partial charge in [-0.2, -0.15) is 0 Å². The second kappa shape index (κ2) is 14.3. The van der Waals surface area contributed by atoms with Gasteiger partial charge in [-0.25, -0.2) is 14.4 Å². The largest absolute Gasteiger partial charge is 0.507 e. The van der Waals surface area contributed by atoms with Crippen LogP contribution in [-0.4, -0.2) is 137 Å². The Labute approximate surface area is 360 Å². The zero-order valence-electron chi connectivity index (χ0n) is 32.4. The zero-order valence-corrected chi connectivity index (χ0v) is 32.4. The van der Waals surface area contributed by atoms with E-state index in [1.807, 2.05) is 0 Å². The number of esters is 3. The summed E-state index contributed by atoms with van der Waals surface area (Å²) in [5.74, 6) is -24.6. The first kappa shape index (κ1) is 41.9. The minimum atomic E-state index is -2.61. The van der Waals surface area contributed by atoms with E-state index in [0.29, 0.717) is 12.1 Å². The summed E-state index contributed by atoms with van der Waals surface area (Å²) in [7, 11) is 0. The average molecular weight is 905 g/mol. The minimum Gasteiger partial charge on any atom is -0.507 e. The number of rotatable bonds is 3. The van der Waals surface area contributed by atoms with E-state index in [1.54, 1.807) is 0 Å². The maximum Gasteiger partial charge on any atom is 0.340 e. The average Bonchev–Trinajstić information content (AvgIpc) is 3.27. The zero-order chi connectivity index (χ0) is 47.0. The summed E-state index contributed by atoms with van der Waals surface area (Å²) in [6.07, 6.45) is -13.5. The highest BCUT2D eigenvalue weighted by Crippen LogP contribution is 2.64. The first-order chi connectivity index (χ1) is 30.7. The van der Waals surface area contributed by atoms with Crippen LogP contribution >= 0.6 is 0 Å². The summed E-state index contributed by atoms with van der Waals surface area (Å²) in [5.41, 5.74) is -10.4. The normalized spacial score (nSPS) is 23.0. The van der Waals surface area contributed by atoms with Crippen molar-refractivity contribution in [2.45, 2.75) is 49.0 Å². The molecule has 5 aromatic rings. The lowest BCUT2D eigenvalue weighted by Gasteiger charge is -2.43. The minimum absolute atomic E-state index is 0.0127. The van der Waals surface area contributed by atoms with Gasteiger partial charge in [0.1, 0.15) is 29.5 Å². The Morgan fingerprint density at radius 3 is 1.72 bits per heavy atom. The molecule has 7 atom stereocenters. The lowest BCUT2D eigenvalue weighted by atomic mass is 9.73. The number of aliphatic hydroxyl groups excluding tert-OH is 3. The Kier molecular flexibility index (Phi) is 9.23. The van der Waals surface area contributed by atoms with Gasteiger partial charge in [0.15, 0.2) is 64.3 Å². The fourth-order valence-corrected chi connectivity index (χ4v) is 8.92. The first-order valence-corrected chi connectivity index (χ1v) is 19.0. The van der Waals surface area contributed by atoms with E-state index >= 15 is 0 Å². The molecule has 0 aliphatic carbocycles. The highest BCUT2D eigenvalue weighted by Gasteiger charge is 2.55. The molecule has 4 heterocycles. The number of phenols is 13. The summed E-state index contributed by atoms with van der Waals surface area (Å²) in [6, 6.07) is 4.40. The molecule has 23 nitrogen and oxygen atoms in total. The number of hydrogen-bond acceptors (Lipinski definition) is 23. The molecular formula is C42H32O23. The van der Waals surface area contributed by atoms with Crippen molar-refractivity contribution in [3.8, 4) is 103 Å². The van der Waals surface area contributed by atoms with E-state index in [9.17, 15) is 96.1 Å². The van der Waals surface area contributed by atoms with Crippen LogP contribution in [0.5, 0.6) is 80.5 Å². The molecule has 0 saturated heterocycles. The van der Waals surface area contributed by atoms with E-state index < -0.39 is 204 Å². The molecule has 0 fully saturated rings. The molecule has 0 unspecified atom stereocenters. The molecule has 0 spiro atoms. The van der Waals surface area contributed by atoms with Crippen LogP contribution in [0, 0.1) is 0 Å². The van der Waals surface area contributed by atoms with Crippen LogP contribution < -0.4 is 4.74 Å². The van der Waals surface area contributed by atoms with Crippen molar-refractivity contribution in [1.29, 1.82) is 0 Å². The SMILES string of the molecule is O=C1O[C@@H](CO)[C@@H](O)[C@@H]2OC(=O)c3c(c(O)c(O)c(O)c3-c3c(O)c(O)c(O)c4c3C(=O)O[C@H]2[C@H]4c2c(O)cc(O)c3c2O[C@H](c2ccc(O)c(O)c2)[C@@H](O)C3)-c2c1cc(O)c(O)c2O. The maximum absolute atomic E-state index is 14.9. The summed E-state index contributed by atoms with van der Waals surface area (Å²) in [6.45, 7) is -1.38. The molecule has 0 aromatic heterocycles. The van der Waals surface area contributed by atoms with E-state index in [-0.39, 0.29) is 11.1 Å². The Morgan fingerprint density at radius 1 is 0.492 bits per heavy atom. The van der Waals surface area contributed by atoms with Gasteiger partial charge in [0.2, 0.25) is 17.2 Å². The number of fused-ring (bicyclic) bond motifs is 9. The Morgan fingerprint density at radius 2 is 1.08 bits per heavy atom. The Hall–Kier alpha value is -8.41. The van der Waals surface area contributed by atoms with Gasteiger partial charge in [0, 0.05) is 51.4 Å². The molecule has 4 bridgehead atoms. The number of carbonyl (C=O) groups is 3. The molecule has 5 aromatic carbocycles. The molecule has 65 heavy (non-hydrogen) atoms. The molecule has 0 radical (unpaired) electrons. The highest BCUT2D eigenvalue weighted by molar-refractivity contribution is 6.16. The van der Waals surface area contributed by atoms with Crippen LogP contribution in [-0.2, 0) is 20.6 Å². The topological polar surface area (TPSA) is 412 Å². The monoisotopic (exact) mass is 904 g/mol. The number of benzene rings is 5. The molecule has 0 amide bonds. The molecule has 23 heteroatoms. The summed E-state index contributed by atoms with van der Waals surface area (Å²) < 4.78 is 23.1. The molecule has 9 rings (SSSR count). The predicted octanol–water partition coefficient (Wildman–Crippen LogP) is 1.33. The van der Waals surface area contributed by atoms with Crippen LogP contribution in [0.2, 0.25) is 0 Å². The standard InChI is InChI=1S/C42H32O23/c43-7-17-28(51)39-38-24(19-14(47)6-12(45)9-4-16(49)36(63-37(9)19)8-1-2-11(44)13(46)3-8)23-26(41(60)64-38)22(32(55)35(58)33(23)56)21-25(42(61)65-39)20(30(53)34(57)31(21)54)18-10(40(59)62-17)5-15(48)27(50)29(18)52/h1-3,5-6,16-17,24,28,36,38-39,43-58H,4,7H2/t16-,17-,24-,28+,36+,38-,39-/m0/s1. The van der Waals surface area contributed by atoms with E-state index in [1.165, 1.54) is 6.07 Å². The Bertz CT molecular complexity index is 2980. The molecule has 16 N–H and O–H groups in total. The van der Waals surface area contributed by atoms with Gasteiger partial charge in [-0.05, 0) is 23.8 Å².